The van der Waals surface area contributed by atoms with E-state index < -0.39 is 6.04 Å². The average molecular weight is 237 g/mol. The molecule has 0 radical (unpaired) electrons. The van der Waals surface area contributed by atoms with Gasteiger partial charge < -0.3 is 10.1 Å². The lowest BCUT2D eigenvalue weighted by Crippen LogP contribution is -2.41. The summed E-state index contributed by atoms with van der Waals surface area (Å²) in [6.07, 6.45) is 3.10. The molecule has 0 bridgehead atoms. The van der Waals surface area contributed by atoms with Gasteiger partial charge in [0.25, 0.3) is 0 Å². The number of halogens is 1. The van der Waals surface area contributed by atoms with Crippen molar-refractivity contribution in [3.63, 3.8) is 0 Å². The number of hydrogen-bond acceptors (Lipinski definition) is 3. The molecular weight excluding hydrogens is 221 g/mol. The lowest BCUT2D eigenvalue weighted by atomic mass is 9.79. The molecule has 1 aromatic rings. The number of carbonyl (C=O) groups excluding carboxylic acids is 1. The summed E-state index contributed by atoms with van der Waals surface area (Å²) in [5.74, 6) is -0.416. The molecule has 4 heteroatoms. The number of hydrogen-bond donors (Lipinski definition) is 1. The average Bonchev–Trinajstić information content (AvgIpc) is 2.27. The maximum atomic E-state index is 13.5. The van der Waals surface area contributed by atoms with Crippen molar-refractivity contribution < 1.29 is 13.9 Å². The zero-order chi connectivity index (χ0) is 12.3. The molecule has 1 fully saturated rings. The van der Waals surface area contributed by atoms with Gasteiger partial charge in [-0.2, -0.15) is 0 Å². The van der Waals surface area contributed by atoms with Gasteiger partial charge in [-0.15, -0.1) is 0 Å². The van der Waals surface area contributed by atoms with Gasteiger partial charge in [0.05, 0.1) is 12.8 Å². The van der Waals surface area contributed by atoms with Gasteiger partial charge in [-0.05, 0) is 30.9 Å². The highest BCUT2D eigenvalue weighted by Crippen LogP contribution is 2.32. The monoisotopic (exact) mass is 237 g/mol. The van der Waals surface area contributed by atoms with E-state index in [-0.39, 0.29) is 17.7 Å². The molecule has 1 aromatic carbocycles. The number of rotatable bonds is 4. The third kappa shape index (κ3) is 2.57. The van der Waals surface area contributed by atoms with Crippen LogP contribution in [0.15, 0.2) is 24.3 Å². The van der Waals surface area contributed by atoms with Gasteiger partial charge >= 0.3 is 5.97 Å². The molecule has 0 heterocycles. The van der Waals surface area contributed by atoms with E-state index in [1.807, 2.05) is 0 Å². The summed E-state index contributed by atoms with van der Waals surface area (Å²) in [7, 11) is 1.36. The molecule has 1 N–H and O–H groups in total. The maximum absolute atomic E-state index is 13.5. The molecule has 2 rings (SSSR count). The second-order valence-electron chi connectivity index (χ2n) is 4.32. The zero-order valence-electron chi connectivity index (χ0n) is 9.78. The Morgan fingerprint density at radius 3 is 2.71 bits per heavy atom. The van der Waals surface area contributed by atoms with Crippen molar-refractivity contribution in [3.05, 3.63) is 30.1 Å². The molecule has 1 unspecified atom stereocenters. The SMILES string of the molecule is COC(=O)C(Nc1ccccc1F)C1CCC1. The van der Waals surface area contributed by atoms with Crippen LogP contribution in [0.1, 0.15) is 19.3 Å². The van der Waals surface area contributed by atoms with E-state index in [0.29, 0.717) is 5.69 Å². The highest BCUT2D eigenvalue weighted by molar-refractivity contribution is 5.79. The van der Waals surface area contributed by atoms with Gasteiger partial charge in [0.2, 0.25) is 0 Å². The minimum Gasteiger partial charge on any atom is -0.467 e. The molecule has 1 aliphatic carbocycles. The predicted molar refractivity (Wildman–Crippen MR) is 63.2 cm³/mol. The van der Waals surface area contributed by atoms with Crippen molar-refractivity contribution in [2.45, 2.75) is 25.3 Å². The predicted octanol–water partition coefficient (Wildman–Crippen LogP) is 2.58. The Bertz CT molecular complexity index is 404. The first-order chi connectivity index (χ1) is 8.22. The molecule has 17 heavy (non-hydrogen) atoms. The summed E-state index contributed by atoms with van der Waals surface area (Å²) < 4.78 is 18.2. The van der Waals surface area contributed by atoms with Crippen LogP contribution in [-0.2, 0) is 9.53 Å². The number of anilines is 1. The van der Waals surface area contributed by atoms with Crippen LogP contribution in [0.2, 0.25) is 0 Å². The van der Waals surface area contributed by atoms with Gasteiger partial charge in [0.15, 0.2) is 0 Å². The van der Waals surface area contributed by atoms with E-state index in [1.165, 1.54) is 13.2 Å². The molecule has 0 aromatic heterocycles. The number of para-hydroxylation sites is 1. The molecule has 92 valence electrons. The van der Waals surface area contributed by atoms with Gasteiger partial charge in [-0.1, -0.05) is 18.6 Å². The topological polar surface area (TPSA) is 38.3 Å². The van der Waals surface area contributed by atoms with Crippen LogP contribution in [0.25, 0.3) is 0 Å². The molecule has 0 aliphatic heterocycles. The van der Waals surface area contributed by atoms with E-state index in [0.717, 1.165) is 19.3 Å². The molecular formula is C13H16FNO2. The lowest BCUT2D eigenvalue weighted by molar-refractivity contribution is -0.143. The Labute approximate surface area is 100.0 Å². The van der Waals surface area contributed by atoms with Gasteiger partial charge in [-0.3, -0.25) is 0 Å². The smallest absolute Gasteiger partial charge is 0.328 e. The Kier molecular flexibility index (Phi) is 3.61. The van der Waals surface area contributed by atoms with Gasteiger partial charge in [0.1, 0.15) is 11.9 Å². The van der Waals surface area contributed by atoms with Crippen LogP contribution < -0.4 is 5.32 Å². The summed E-state index contributed by atoms with van der Waals surface area (Å²) >= 11 is 0. The second kappa shape index (κ2) is 5.17. The second-order valence-corrected chi connectivity index (χ2v) is 4.32. The van der Waals surface area contributed by atoms with Crippen molar-refractivity contribution in [1.82, 2.24) is 0 Å². The van der Waals surface area contributed by atoms with E-state index >= 15 is 0 Å². The quantitative estimate of drug-likeness (QED) is 0.818. The number of nitrogens with one attached hydrogen (secondary N) is 1. The van der Waals surface area contributed by atoms with E-state index in [9.17, 15) is 9.18 Å². The Morgan fingerprint density at radius 1 is 1.47 bits per heavy atom. The van der Waals surface area contributed by atoms with Crippen LogP contribution in [0.4, 0.5) is 10.1 Å². The minimum atomic E-state index is -0.439. The minimum absolute atomic E-state index is 0.252. The van der Waals surface area contributed by atoms with E-state index in [1.54, 1.807) is 18.2 Å². The fourth-order valence-electron chi connectivity index (χ4n) is 2.02. The molecule has 1 atom stereocenters. The summed E-state index contributed by atoms with van der Waals surface area (Å²) in [5.41, 5.74) is 0.356. The van der Waals surface area contributed by atoms with Gasteiger partial charge in [0, 0.05) is 0 Å². The number of ether oxygens (including phenoxy) is 1. The van der Waals surface area contributed by atoms with E-state index in [2.05, 4.69) is 5.32 Å². The van der Waals surface area contributed by atoms with Crippen molar-refractivity contribution in [2.75, 3.05) is 12.4 Å². The fraction of sp³-hybridized carbons (Fsp3) is 0.462. The van der Waals surface area contributed by atoms with Gasteiger partial charge in [-0.25, -0.2) is 9.18 Å². The van der Waals surface area contributed by atoms with Crippen molar-refractivity contribution >= 4 is 11.7 Å². The maximum Gasteiger partial charge on any atom is 0.328 e. The largest absolute Gasteiger partial charge is 0.467 e. The number of benzene rings is 1. The van der Waals surface area contributed by atoms with Crippen LogP contribution in [0, 0.1) is 11.7 Å². The number of carbonyl (C=O) groups is 1. The lowest BCUT2D eigenvalue weighted by Gasteiger charge is -2.32. The summed E-state index contributed by atoms with van der Waals surface area (Å²) in [5, 5.41) is 2.95. The highest BCUT2D eigenvalue weighted by Gasteiger charge is 2.33. The Hall–Kier alpha value is -1.58. The molecule has 0 amide bonds. The van der Waals surface area contributed by atoms with Crippen LogP contribution in [0.3, 0.4) is 0 Å². The molecule has 0 saturated heterocycles. The molecule has 1 saturated carbocycles. The van der Waals surface area contributed by atoms with Crippen LogP contribution >= 0.6 is 0 Å². The first-order valence-corrected chi connectivity index (χ1v) is 5.81. The highest BCUT2D eigenvalue weighted by atomic mass is 19.1. The molecule has 1 aliphatic rings. The van der Waals surface area contributed by atoms with Crippen LogP contribution in [0.5, 0.6) is 0 Å². The van der Waals surface area contributed by atoms with Crippen molar-refractivity contribution in [1.29, 1.82) is 0 Å². The summed E-state index contributed by atoms with van der Waals surface area (Å²) in [6.45, 7) is 0. The summed E-state index contributed by atoms with van der Waals surface area (Å²) in [4.78, 5) is 11.7. The number of methoxy groups -OCH3 is 1. The van der Waals surface area contributed by atoms with E-state index in [4.69, 9.17) is 4.74 Å². The fourth-order valence-corrected chi connectivity index (χ4v) is 2.02. The third-order valence-electron chi connectivity index (χ3n) is 3.26. The first-order valence-electron chi connectivity index (χ1n) is 5.81. The van der Waals surface area contributed by atoms with Crippen molar-refractivity contribution in [2.24, 2.45) is 5.92 Å². The third-order valence-corrected chi connectivity index (χ3v) is 3.26. The normalized spacial score (nSPS) is 17.1. The zero-order valence-corrected chi connectivity index (χ0v) is 9.78. The number of esters is 1. The first kappa shape index (κ1) is 11.9. The Balaban J connectivity index is 2.12. The standard InChI is InChI=1S/C13H16FNO2/c1-17-13(16)12(9-5-4-6-9)15-11-8-3-2-7-10(11)14/h2-3,7-9,12,15H,4-6H2,1H3. The van der Waals surface area contributed by atoms with Crippen LogP contribution in [-0.4, -0.2) is 19.1 Å². The molecule has 0 spiro atoms. The summed E-state index contributed by atoms with van der Waals surface area (Å²) in [6, 6.07) is 5.92. The van der Waals surface area contributed by atoms with Crippen molar-refractivity contribution in [3.8, 4) is 0 Å². The molecule has 3 nitrogen and oxygen atoms in total. The Morgan fingerprint density at radius 2 is 2.18 bits per heavy atom.